The second-order valence-corrected chi connectivity index (χ2v) is 3.69. The number of hydrogen-bond acceptors (Lipinski definition) is 4. The molecule has 6 heteroatoms. The molecular weight excluding hydrogens is 247 g/mol. The van der Waals surface area contributed by atoms with E-state index >= 15 is 0 Å². The van der Waals surface area contributed by atoms with E-state index in [0.717, 1.165) is 4.35 Å². The number of nitro benzene ring substituents is 1. The number of aliphatic hydroxyl groups is 1. The van der Waals surface area contributed by atoms with Crippen LogP contribution < -0.4 is 9.67 Å². The van der Waals surface area contributed by atoms with Gasteiger partial charge in [0.2, 0.25) is 0 Å². The van der Waals surface area contributed by atoms with Gasteiger partial charge in [0.05, 0.1) is 0 Å². The second-order valence-electron chi connectivity index (χ2n) is 2.61. The quantitative estimate of drug-likeness (QED) is 0.444. The minimum atomic E-state index is -0.448. The Bertz CT molecular complexity index is 343. The van der Waals surface area contributed by atoms with Gasteiger partial charge in [-0.15, -0.1) is 0 Å². The number of anilines is 1. The summed E-state index contributed by atoms with van der Waals surface area (Å²) in [6.45, 7) is 0.250. The number of nitro groups is 1. The number of hydrogen-bond donors (Lipinski definition) is 2. The third-order valence-corrected chi connectivity index (χ3v) is 2.19. The fourth-order valence-electron chi connectivity index (χ4n) is 1.01. The molecule has 0 unspecified atom stereocenters. The summed E-state index contributed by atoms with van der Waals surface area (Å²) in [7, 11) is 0. The first-order chi connectivity index (χ1) is 6.65. The molecule has 1 aromatic carbocycles. The normalized spacial score (nSPS) is 9.86. The summed E-state index contributed by atoms with van der Waals surface area (Å²) in [5.74, 6) is 0. The van der Waals surface area contributed by atoms with Crippen LogP contribution in [-0.2, 0) is 0 Å². The Morgan fingerprint density at radius 2 is 2.29 bits per heavy atom. The van der Waals surface area contributed by atoms with E-state index in [-0.39, 0.29) is 12.3 Å². The first-order valence-electron chi connectivity index (χ1n) is 3.97. The molecule has 1 rings (SSSR count). The van der Waals surface area contributed by atoms with E-state index in [1.807, 2.05) is 0 Å². The van der Waals surface area contributed by atoms with E-state index in [1.165, 1.54) is 6.07 Å². The topological polar surface area (TPSA) is 75.4 Å². The number of rotatable bonds is 4. The van der Waals surface area contributed by atoms with Crippen LogP contribution in [0.25, 0.3) is 0 Å². The van der Waals surface area contributed by atoms with Crippen molar-refractivity contribution in [3.63, 3.8) is 0 Å². The van der Waals surface area contributed by atoms with Crippen molar-refractivity contribution in [2.45, 2.75) is 0 Å². The molecule has 0 spiro atoms. The van der Waals surface area contributed by atoms with Crippen molar-refractivity contribution in [3.05, 3.63) is 28.3 Å². The van der Waals surface area contributed by atoms with Crippen LogP contribution in [0, 0.1) is 10.1 Å². The fraction of sp³-hybridized carbons (Fsp3) is 0.250. The first kappa shape index (κ1) is 11.0. The van der Waals surface area contributed by atoms with E-state index in [0.29, 0.717) is 12.2 Å². The Hall–Kier alpha value is -1.06. The molecule has 0 saturated heterocycles. The van der Waals surface area contributed by atoms with Gasteiger partial charge in [-0.1, -0.05) is 0 Å². The maximum absolute atomic E-state index is 10.6. The molecule has 74 valence electrons. The third-order valence-electron chi connectivity index (χ3n) is 1.61. The summed E-state index contributed by atoms with van der Waals surface area (Å²) < 4.78 is 0.777. The summed E-state index contributed by atoms with van der Waals surface area (Å²) in [5, 5.41) is 22.0. The zero-order chi connectivity index (χ0) is 10.6. The van der Waals surface area contributed by atoms with Gasteiger partial charge in [-0.3, -0.25) is 0 Å². The molecule has 0 aliphatic heterocycles. The Kier molecular flexibility index (Phi) is 3.92. The minimum absolute atomic E-state index is 0.0246. The summed E-state index contributed by atoms with van der Waals surface area (Å²) in [5.41, 5.74) is 0.454. The van der Waals surface area contributed by atoms with Gasteiger partial charge < -0.3 is 0 Å². The van der Waals surface area contributed by atoms with E-state index in [1.54, 1.807) is 12.1 Å². The molecular formula is C8H9AsN2O3. The molecule has 0 atom stereocenters. The molecule has 0 heterocycles. The van der Waals surface area contributed by atoms with Gasteiger partial charge >= 0.3 is 89.4 Å². The van der Waals surface area contributed by atoms with Crippen LogP contribution in [0.1, 0.15) is 0 Å². The average molecular weight is 256 g/mol. The predicted molar refractivity (Wildman–Crippen MR) is 54.1 cm³/mol. The molecule has 0 aromatic heterocycles. The third kappa shape index (κ3) is 2.72. The van der Waals surface area contributed by atoms with Gasteiger partial charge in [-0.25, -0.2) is 0 Å². The van der Waals surface area contributed by atoms with Crippen molar-refractivity contribution in [2.24, 2.45) is 0 Å². The zero-order valence-electron chi connectivity index (χ0n) is 7.30. The molecule has 0 fully saturated rings. The van der Waals surface area contributed by atoms with Gasteiger partial charge in [-0.2, -0.15) is 0 Å². The molecule has 2 radical (unpaired) electrons. The molecule has 5 nitrogen and oxygen atoms in total. The SMILES string of the molecule is O=[N+]([O-])c1cc([As])ccc1NCCO. The standard InChI is InChI=1S/C8H9AsN2O3/c9-6-1-2-7(10-3-4-12)8(5-6)11(13)14/h1-2,5,10,12H,3-4H2. The van der Waals surface area contributed by atoms with Gasteiger partial charge in [0.25, 0.3) is 0 Å². The van der Waals surface area contributed by atoms with E-state index in [2.05, 4.69) is 22.2 Å². The van der Waals surface area contributed by atoms with Crippen molar-refractivity contribution >= 4 is 32.6 Å². The van der Waals surface area contributed by atoms with Crippen LogP contribution in [-0.4, -0.2) is 40.0 Å². The molecule has 0 amide bonds. The molecule has 14 heavy (non-hydrogen) atoms. The fourth-order valence-corrected chi connectivity index (χ4v) is 1.42. The van der Waals surface area contributed by atoms with E-state index < -0.39 is 4.92 Å². The molecule has 1 aromatic rings. The van der Waals surface area contributed by atoms with Gasteiger partial charge in [0.1, 0.15) is 0 Å². The van der Waals surface area contributed by atoms with Crippen molar-refractivity contribution in [3.8, 4) is 0 Å². The summed E-state index contributed by atoms with van der Waals surface area (Å²) in [4.78, 5) is 10.2. The first-order valence-corrected chi connectivity index (χ1v) is 4.91. The molecule has 0 saturated carbocycles. The van der Waals surface area contributed by atoms with Crippen LogP contribution in [0.3, 0.4) is 0 Å². The van der Waals surface area contributed by atoms with E-state index in [4.69, 9.17) is 5.11 Å². The number of nitrogens with zero attached hydrogens (tertiary/aromatic N) is 1. The van der Waals surface area contributed by atoms with Crippen molar-refractivity contribution < 1.29 is 10.0 Å². The monoisotopic (exact) mass is 256 g/mol. The van der Waals surface area contributed by atoms with Gasteiger partial charge in [0, 0.05) is 0 Å². The van der Waals surface area contributed by atoms with Crippen LogP contribution in [0.15, 0.2) is 18.2 Å². The Labute approximate surface area is 89.8 Å². The molecule has 0 bridgehead atoms. The summed E-state index contributed by atoms with van der Waals surface area (Å²) in [6, 6.07) is 4.85. The number of aliphatic hydroxyl groups excluding tert-OH is 1. The zero-order valence-corrected chi connectivity index (χ0v) is 9.18. The second kappa shape index (κ2) is 4.98. The van der Waals surface area contributed by atoms with Gasteiger partial charge in [0.15, 0.2) is 0 Å². The van der Waals surface area contributed by atoms with Crippen LogP contribution in [0.5, 0.6) is 0 Å². The maximum atomic E-state index is 10.6. The van der Waals surface area contributed by atoms with Gasteiger partial charge in [-0.05, 0) is 0 Å². The molecule has 2 N–H and O–H groups in total. The summed E-state index contributed by atoms with van der Waals surface area (Å²) >= 11 is 2.25. The van der Waals surface area contributed by atoms with Crippen molar-refractivity contribution in [1.29, 1.82) is 0 Å². The van der Waals surface area contributed by atoms with Crippen LogP contribution in [0.4, 0.5) is 11.4 Å². The predicted octanol–water partition coefficient (Wildman–Crippen LogP) is -0.207. The summed E-state index contributed by atoms with van der Waals surface area (Å²) in [6.07, 6.45) is 0. The van der Waals surface area contributed by atoms with Crippen molar-refractivity contribution in [1.82, 2.24) is 0 Å². The van der Waals surface area contributed by atoms with Crippen molar-refractivity contribution in [2.75, 3.05) is 18.5 Å². The number of nitrogens with one attached hydrogen (secondary N) is 1. The van der Waals surface area contributed by atoms with Crippen LogP contribution >= 0.6 is 0 Å². The van der Waals surface area contributed by atoms with E-state index in [9.17, 15) is 10.1 Å². The molecule has 0 aliphatic rings. The number of benzene rings is 1. The Morgan fingerprint density at radius 3 is 2.86 bits per heavy atom. The van der Waals surface area contributed by atoms with Crippen LogP contribution in [0.2, 0.25) is 0 Å². The molecule has 0 aliphatic carbocycles. The average Bonchev–Trinajstić information content (AvgIpc) is 2.15. The Morgan fingerprint density at radius 1 is 1.57 bits per heavy atom. The Balaban J connectivity index is 2.96.